The van der Waals surface area contributed by atoms with Gasteiger partial charge in [-0.25, -0.2) is 9.13 Å². The fraction of sp³-hybridized carbons (Fsp3) is 0.875. The molecule has 27 heavy (non-hydrogen) atoms. The minimum absolute atomic E-state index is 1.17. The van der Waals surface area contributed by atoms with Crippen LogP contribution in [0.1, 0.15) is 115 Å². The summed E-state index contributed by atoms with van der Waals surface area (Å²) in [6.45, 7) is 6.97. The highest BCUT2D eigenvalue weighted by Crippen LogP contribution is 2.11. The first-order valence-electron chi connectivity index (χ1n) is 11.9. The molecule has 0 radical (unpaired) electrons. The number of hydrogen-bond acceptors (Lipinski definition) is 0. The molecule has 0 aliphatic heterocycles. The molecule has 1 rings (SSSR count). The van der Waals surface area contributed by atoms with Crippen molar-refractivity contribution in [1.29, 1.82) is 0 Å². The number of alkyl halides is 1. The lowest BCUT2D eigenvalue weighted by atomic mass is 10.1. The first-order valence-corrected chi connectivity index (χ1v) is 13.0. The summed E-state index contributed by atoms with van der Waals surface area (Å²) < 4.78 is 4.92. The first kappa shape index (κ1) is 24.7. The van der Waals surface area contributed by atoms with E-state index in [0.29, 0.717) is 0 Å². The summed E-state index contributed by atoms with van der Waals surface area (Å²) in [6.07, 6.45) is 26.9. The zero-order valence-electron chi connectivity index (χ0n) is 18.4. The molecule has 158 valence electrons. The maximum atomic E-state index is 3.51. The van der Waals surface area contributed by atoms with Crippen LogP contribution in [-0.2, 0) is 13.1 Å². The zero-order chi connectivity index (χ0) is 19.6. The Hall–Kier alpha value is -0.310. The van der Waals surface area contributed by atoms with Crippen LogP contribution < -0.4 is 4.57 Å². The lowest BCUT2D eigenvalue weighted by Gasteiger charge is -2.03. The molecule has 0 atom stereocenters. The lowest BCUT2D eigenvalue weighted by Crippen LogP contribution is -2.35. The molecular weight excluding hydrogens is 396 g/mol. The van der Waals surface area contributed by atoms with Crippen molar-refractivity contribution in [3.8, 4) is 0 Å². The fourth-order valence-corrected chi connectivity index (χ4v) is 4.26. The van der Waals surface area contributed by atoms with E-state index in [9.17, 15) is 0 Å². The van der Waals surface area contributed by atoms with E-state index in [-0.39, 0.29) is 0 Å². The van der Waals surface area contributed by atoms with Crippen LogP contribution >= 0.6 is 15.9 Å². The van der Waals surface area contributed by atoms with E-state index >= 15 is 0 Å². The van der Waals surface area contributed by atoms with E-state index in [1.807, 2.05) is 0 Å². The number of rotatable bonds is 19. The number of aromatic nitrogens is 2. The summed E-state index contributed by atoms with van der Waals surface area (Å²) in [7, 11) is 0. The lowest BCUT2D eigenvalue weighted by molar-refractivity contribution is -0.702. The second-order valence-corrected chi connectivity index (χ2v) is 9.02. The van der Waals surface area contributed by atoms with Crippen LogP contribution in [0.2, 0.25) is 0 Å². The van der Waals surface area contributed by atoms with Crippen LogP contribution in [0.25, 0.3) is 0 Å². The molecule has 0 fully saturated rings. The van der Waals surface area contributed by atoms with Gasteiger partial charge in [0.2, 0.25) is 0 Å². The van der Waals surface area contributed by atoms with E-state index in [0.717, 1.165) is 0 Å². The SMILES string of the molecule is CCCCCCCCCCn1cc[n+](CCCCCCCCCCBr)c1C. The summed E-state index contributed by atoms with van der Waals surface area (Å²) in [5.41, 5.74) is 0. The van der Waals surface area contributed by atoms with Gasteiger partial charge in [0.1, 0.15) is 12.4 Å². The van der Waals surface area contributed by atoms with E-state index in [2.05, 4.69) is 51.3 Å². The van der Waals surface area contributed by atoms with Crippen molar-refractivity contribution in [2.45, 2.75) is 130 Å². The van der Waals surface area contributed by atoms with Crippen LogP contribution in [0.3, 0.4) is 0 Å². The Morgan fingerprint density at radius 2 is 1.26 bits per heavy atom. The van der Waals surface area contributed by atoms with Crippen molar-refractivity contribution in [3.05, 3.63) is 18.2 Å². The van der Waals surface area contributed by atoms with Crippen molar-refractivity contribution in [1.82, 2.24) is 4.57 Å². The molecule has 1 heterocycles. The van der Waals surface area contributed by atoms with E-state index in [4.69, 9.17) is 0 Å². The Labute approximate surface area is 178 Å². The van der Waals surface area contributed by atoms with Crippen LogP contribution in [0.15, 0.2) is 12.4 Å². The molecule has 0 saturated carbocycles. The third-order valence-electron chi connectivity index (χ3n) is 5.79. The molecule has 0 aliphatic rings. The highest BCUT2D eigenvalue weighted by Gasteiger charge is 2.11. The van der Waals surface area contributed by atoms with Gasteiger partial charge in [0, 0.05) is 12.3 Å². The second-order valence-electron chi connectivity index (χ2n) is 8.22. The number of hydrogen-bond donors (Lipinski definition) is 0. The monoisotopic (exact) mass is 441 g/mol. The average molecular weight is 443 g/mol. The van der Waals surface area contributed by atoms with Crippen LogP contribution in [0.4, 0.5) is 0 Å². The zero-order valence-corrected chi connectivity index (χ0v) is 19.9. The standard InChI is InChI=1S/C24H46BrN2/c1-3-4-5-6-7-11-14-17-20-26-22-23-27(24(26)2)21-18-15-12-9-8-10-13-16-19-25/h22-23H,3-21H2,1-2H3/q+1. The molecule has 0 aromatic carbocycles. The molecule has 0 bridgehead atoms. The Bertz CT molecular complexity index is 442. The first-order chi connectivity index (χ1) is 13.3. The van der Waals surface area contributed by atoms with Gasteiger partial charge < -0.3 is 0 Å². The van der Waals surface area contributed by atoms with Crippen LogP contribution in [0, 0.1) is 6.92 Å². The normalized spacial score (nSPS) is 11.4. The molecule has 2 nitrogen and oxygen atoms in total. The largest absolute Gasteiger partial charge is 0.253 e. The number of nitrogens with zero attached hydrogens (tertiary/aromatic N) is 2. The Morgan fingerprint density at radius 1 is 0.741 bits per heavy atom. The van der Waals surface area contributed by atoms with Gasteiger partial charge >= 0.3 is 0 Å². The van der Waals surface area contributed by atoms with Crippen molar-refractivity contribution in [3.63, 3.8) is 0 Å². The third kappa shape index (κ3) is 12.7. The number of halogens is 1. The quantitative estimate of drug-likeness (QED) is 0.118. The molecule has 0 N–H and O–H groups in total. The molecule has 1 aromatic rings. The second kappa shape index (κ2) is 17.8. The molecule has 0 saturated heterocycles. The maximum absolute atomic E-state index is 3.51. The smallest absolute Gasteiger partial charge is 0.234 e. The Morgan fingerprint density at radius 3 is 1.85 bits per heavy atom. The van der Waals surface area contributed by atoms with Gasteiger partial charge in [-0.2, -0.15) is 0 Å². The fourth-order valence-electron chi connectivity index (χ4n) is 3.87. The highest BCUT2D eigenvalue weighted by molar-refractivity contribution is 9.09. The number of unbranched alkanes of at least 4 members (excludes halogenated alkanes) is 14. The van der Waals surface area contributed by atoms with Crippen molar-refractivity contribution >= 4 is 15.9 Å². The van der Waals surface area contributed by atoms with Crippen LogP contribution in [-0.4, -0.2) is 9.90 Å². The van der Waals surface area contributed by atoms with Gasteiger partial charge in [-0.1, -0.05) is 93.5 Å². The van der Waals surface area contributed by atoms with E-state index < -0.39 is 0 Å². The summed E-state index contributed by atoms with van der Waals surface area (Å²) in [5, 5.41) is 1.17. The van der Waals surface area contributed by atoms with Gasteiger partial charge in [-0.05, 0) is 32.1 Å². The van der Waals surface area contributed by atoms with Crippen molar-refractivity contribution < 1.29 is 4.57 Å². The topological polar surface area (TPSA) is 8.81 Å². The summed E-state index contributed by atoms with van der Waals surface area (Å²) in [4.78, 5) is 0. The third-order valence-corrected chi connectivity index (χ3v) is 6.35. The molecule has 0 amide bonds. The van der Waals surface area contributed by atoms with Gasteiger partial charge in [0.15, 0.2) is 0 Å². The van der Waals surface area contributed by atoms with E-state index in [1.54, 1.807) is 0 Å². The molecular formula is C24H46BrN2+. The maximum Gasteiger partial charge on any atom is 0.253 e. The average Bonchev–Trinajstić information content (AvgIpc) is 3.02. The summed E-state index contributed by atoms with van der Waals surface area (Å²) >= 11 is 3.51. The highest BCUT2D eigenvalue weighted by atomic mass is 79.9. The predicted molar refractivity (Wildman–Crippen MR) is 123 cm³/mol. The predicted octanol–water partition coefficient (Wildman–Crippen LogP) is 7.74. The van der Waals surface area contributed by atoms with Gasteiger partial charge in [-0.15, -0.1) is 0 Å². The minimum atomic E-state index is 1.17. The summed E-state index contributed by atoms with van der Waals surface area (Å²) in [6, 6.07) is 0. The molecule has 0 aliphatic carbocycles. The van der Waals surface area contributed by atoms with Crippen molar-refractivity contribution in [2.24, 2.45) is 0 Å². The van der Waals surface area contributed by atoms with Gasteiger partial charge in [-0.3, -0.25) is 0 Å². The van der Waals surface area contributed by atoms with Crippen molar-refractivity contribution in [2.75, 3.05) is 5.33 Å². The molecule has 3 heteroatoms. The van der Waals surface area contributed by atoms with E-state index in [1.165, 1.54) is 127 Å². The Kier molecular flexibility index (Phi) is 16.3. The molecule has 0 unspecified atom stereocenters. The minimum Gasteiger partial charge on any atom is -0.234 e. The summed E-state index contributed by atoms with van der Waals surface area (Å²) in [5.74, 6) is 1.44. The Balaban J connectivity index is 2.03. The van der Waals surface area contributed by atoms with Gasteiger partial charge in [0.05, 0.1) is 13.1 Å². The number of imidazole rings is 1. The molecule has 0 spiro atoms. The molecule has 1 aromatic heterocycles. The number of aryl methyl sites for hydroxylation is 2. The van der Waals surface area contributed by atoms with Crippen LogP contribution in [0.5, 0.6) is 0 Å². The van der Waals surface area contributed by atoms with Gasteiger partial charge in [0.25, 0.3) is 5.82 Å².